The first-order valence-electron chi connectivity index (χ1n) is 10.4. The minimum atomic E-state index is -0.239. The van der Waals surface area contributed by atoms with Gasteiger partial charge in [0.25, 0.3) is 0 Å². The molecular weight excluding hydrogens is 426 g/mol. The molecule has 0 aliphatic rings. The minimum absolute atomic E-state index is 0.0439. The van der Waals surface area contributed by atoms with Gasteiger partial charge in [0.15, 0.2) is 5.82 Å². The number of fused-ring (bicyclic) bond motifs is 3. The van der Waals surface area contributed by atoms with Gasteiger partial charge in [0, 0.05) is 26.1 Å². The first-order chi connectivity index (χ1) is 15.4. The average molecular weight is 452 g/mol. The molecule has 1 aromatic carbocycles. The second-order valence-corrected chi connectivity index (χ2v) is 8.52. The predicted octanol–water partition coefficient (Wildman–Crippen LogP) is 2.99. The number of imidazole rings is 1. The highest BCUT2D eigenvalue weighted by Gasteiger charge is 2.18. The van der Waals surface area contributed by atoms with Crippen LogP contribution in [0.5, 0.6) is 0 Å². The molecule has 0 fully saturated rings. The molecule has 4 rings (SSSR count). The number of pyridine rings is 1. The molecule has 0 spiro atoms. The van der Waals surface area contributed by atoms with Crippen LogP contribution in [0.3, 0.4) is 0 Å². The SMILES string of the molecule is CCNc1nc2sc(-c3cccc([C@H](C)NC(=O)CNC(C)=O)c3)nc2c2c1ncn2C. The number of rotatable bonds is 7. The Balaban J connectivity index is 1.66. The molecule has 166 valence electrons. The Morgan fingerprint density at radius 3 is 2.78 bits per heavy atom. The molecule has 3 aromatic heterocycles. The van der Waals surface area contributed by atoms with Crippen LogP contribution in [0.2, 0.25) is 0 Å². The summed E-state index contributed by atoms with van der Waals surface area (Å²) in [5.41, 5.74) is 4.48. The smallest absolute Gasteiger partial charge is 0.239 e. The van der Waals surface area contributed by atoms with Crippen molar-refractivity contribution in [2.75, 3.05) is 18.4 Å². The second kappa shape index (κ2) is 8.91. The first-order valence-corrected chi connectivity index (χ1v) is 11.2. The molecule has 9 nitrogen and oxygen atoms in total. The van der Waals surface area contributed by atoms with Crippen LogP contribution in [-0.4, -0.2) is 44.4 Å². The second-order valence-electron chi connectivity index (χ2n) is 7.54. The number of aromatic nitrogens is 4. The molecule has 0 aliphatic heterocycles. The summed E-state index contributed by atoms with van der Waals surface area (Å²) in [6.07, 6.45) is 1.78. The maximum absolute atomic E-state index is 12.1. The molecule has 0 unspecified atom stereocenters. The van der Waals surface area contributed by atoms with Crippen molar-refractivity contribution >= 4 is 50.3 Å². The van der Waals surface area contributed by atoms with Crippen molar-refractivity contribution in [1.82, 2.24) is 30.2 Å². The zero-order valence-corrected chi connectivity index (χ0v) is 19.2. The van der Waals surface area contributed by atoms with Crippen LogP contribution in [0, 0.1) is 0 Å². The lowest BCUT2D eigenvalue weighted by atomic mass is 10.1. The fourth-order valence-electron chi connectivity index (χ4n) is 3.52. The molecule has 0 bridgehead atoms. The zero-order chi connectivity index (χ0) is 22.8. The number of carbonyl (C=O) groups excluding carboxylic acids is 2. The Morgan fingerprint density at radius 2 is 2.03 bits per heavy atom. The third-order valence-electron chi connectivity index (χ3n) is 5.06. The highest BCUT2D eigenvalue weighted by molar-refractivity contribution is 7.21. The van der Waals surface area contributed by atoms with E-state index in [0.29, 0.717) is 0 Å². The third kappa shape index (κ3) is 4.26. The van der Waals surface area contributed by atoms with E-state index in [2.05, 4.69) is 20.9 Å². The number of benzene rings is 1. The summed E-state index contributed by atoms with van der Waals surface area (Å²) in [6, 6.07) is 7.71. The van der Waals surface area contributed by atoms with E-state index >= 15 is 0 Å². The summed E-state index contributed by atoms with van der Waals surface area (Å²) < 4.78 is 1.97. The van der Waals surface area contributed by atoms with Gasteiger partial charge in [0.05, 0.1) is 18.9 Å². The molecule has 3 heterocycles. The summed E-state index contributed by atoms with van der Waals surface area (Å²) in [4.78, 5) is 38.1. The Kier molecular flexibility index (Phi) is 6.04. The molecule has 0 saturated carbocycles. The van der Waals surface area contributed by atoms with Crippen LogP contribution in [0.15, 0.2) is 30.6 Å². The number of anilines is 1. The van der Waals surface area contributed by atoms with Gasteiger partial charge >= 0.3 is 0 Å². The number of hydrogen-bond acceptors (Lipinski definition) is 7. The number of carbonyl (C=O) groups is 2. The number of nitrogens with zero attached hydrogens (tertiary/aromatic N) is 4. The standard InChI is InChI=1S/C22H25N7O2S/c1-5-23-20-17-19(29(4)11-25-17)18-22(28-20)32-21(27-18)15-8-6-7-14(9-15)12(2)26-16(31)10-24-13(3)30/h6-9,11-12H,5,10H2,1-4H3,(H,23,28)(H,24,30)(H,26,31)/t12-/m0/s1. The topological polar surface area (TPSA) is 114 Å². The van der Waals surface area contributed by atoms with Crippen molar-refractivity contribution in [3.05, 3.63) is 36.2 Å². The normalized spacial score (nSPS) is 12.1. The Labute approximate surface area is 189 Å². The van der Waals surface area contributed by atoms with Gasteiger partial charge in [-0.15, -0.1) is 0 Å². The highest BCUT2D eigenvalue weighted by atomic mass is 32.1. The highest BCUT2D eigenvalue weighted by Crippen LogP contribution is 2.35. The lowest BCUT2D eigenvalue weighted by Crippen LogP contribution is -2.37. The van der Waals surface area contributed by atoms with Crippen molar-refractivity contribution in [3.8, 4) is 10.6 Å². The van der Waals surface area contributed by atoms with Gasteiger partial charge in [-0.05, 0) is 25.5 Å². The number of amides is 2. The van der Waals surface area contributed by atoms with E-state index in [1.165, 1.54) is 18.3 Å². The number of aryl methyl sites for hydroxylation is 1. The Hall–Kier alpha value is -3.53. The van der Waals surface area contributed by atoms with Gasteiger partial charge in [-0.25, -0.2) is 15.0 Å². The fraction of sp³-hybridized carbons (Fsp3) is 0.318. The molecule has 0 aliphatic carbocycles. The van der Waals surface area contributed by atoms with Crippen molar-refractivity contribution < 1.29 is 9.59 Å². The van der Waals surface area contributed by atoms with Gasteiger partial charge in [-0.3, -0.25) is 9.59 Å². The number of hydrogen-bond donors (Lipinski definition) is 3. The van der Waals surface area contributed by atoms with Crippen LogP contribution >= 0.6 is 11.3 Å². The lowest BCUT2D eigenvalue weighted by Gasteiger charge is -2.15. The molecule has 4 aromatic rings. The summed E-state index contributed by atoms with van der Waals surface area (Å²) in [5.74, 6) is 0.283. The summed E-state index contributed by atoms with van der Waals surface area (Å²) in [7, 11) is 1.95. The van der Waals surface area contributed by atoms with Crippen LogP contribution in [0.1, 0.15) is 32.4 Å². The van der Waals surface area contributed by atoms with Gasteiger partial charge in [0.2, 0.25) is 11.8 Å². The molecule has 1 atom stereocenters. The van der Waals surface area contributed by atoms with Gasteiger partial charge in [0.1, 0.15) is 26.4 Å². The summed E-state index contributed by atoms with van der Waals surface area (Å²) >= 11 is 1.52. The van der Waals surface area contributed by atoms with E-state index in [1.807, 2.05) is 49.7 Å². The van der Waals surface area contributed by atoms with E-state index in [4.69, 9.17) is 9.97 Å². The Morgan fingerprint density at radius 1 is 1.22 bits per heavy atom. The molecular formula is C22H25N7O2S. The van der Waals surface area contributed by atoms with E-state index in [0.717, 1.165) is 49.9 Å². The average Bonchev–Trinajstić information content (AvgIpc) is 3.36. The largest absolute Gasteiger partial charge is 0.368 e. The fourth-order valence-corrected chi connectivity index (χ4v) is 4.46. The number of nitrogens with one attached hydrogen (secondary N) is 3. The van der Waals surface area contributed by atoms with Crippen LogP contribution in [-0.2, 0) is 16.6 Å². The summed E-state index contributed by atoms with van der Waals surface area (Å²) in [6.45, 7) is 6.03. The van der Waals surface area contributed by atoms with E-state index in [9.17, 15) is 9.59 Å². The maximum atomic E-state index is 12.1. The van der Waals surface area contributed by atoms with E-state index < -0.39 is 0 Å². The van der Waals surface area contributed by atoms with Crippen LogP contribution in [0.4, 0.5) is 5.82 Å². The number of thiazole rings is 1. The van der Waals surface area contributed by atoms with Crippen molar-refractivity contribution in [1.29, 1.82) is 0 Å². The predicted molar refractivity (Wildman–Crippen MR) is 127 cm³/mol. The molecule has 0 radical (unpaired) electrons. The zero-order valence-electron chi connectivity index (χ0n) is 18.4. The van der Waals surface area contributed by atoms with Crippen molar-refractivity contribution in [3.63, 3.8) is 0 Å². The molecule has 32 heavy (non-hydrogen) atoms. The summed E-state index contributed by atoms with van der Waals surface area (Å²) in [5, 5.41) is 9.55. The molecule has 0 saturated heterocycles. The van der Waals surface area contributed by atoms with Crippen LogP contribution < -0.4 is 16.0 Å². The van der Waals surface area contributed by atoms with Gasteiger partial charge < -0.3 is 20.5 Å². The van der Waals surface area contributed by atoms with E-state index in [-0.39, 0.29) is 24.4 Å². The van der Waals surface area contributed by atoms with Crippen molar-refractivity contribution in [2.45, 2.75) is 26.8 Å². The lowest BCUT2D eigenvalue weighted by molar-refractivity contribution is -0.125. The minimum Gasteiger partial charge on any atom is -0.368 e. The third-order valence-corrected chi connectivity index (χ3v) is 6.06. The Bertz CT molecular complexity index is 1310. The van der Waals surface area contributed by atoms with Gasteiger partial charge in [-0.2, -0.15) is 0 Å². The quantitative estimate of drug-likeness (QED) is 0.398. The molecule has 3 N–H and O–H groups in total. The first kappa shape index (κ1) is 21.7. The molecule has 2 amide bonds. The van der Waals surface area contributed by atoms with E-state index in [1.54, 1.807) is 6.33 Å². The van der Waals surface area contributed by atoms with Gasteiger partial charge in [-0.1, -0.05) is 29.5 Å². The maximum Gasteiger partial charge on any atom is 0.239 e. The molecule has 10 heteroatoms. The monoisotopic (exact) mass is 451 g/mol. The van der Waals surface area contributed by atoms with Crippen LogP contribution in [0.25, 0.3) is 32.0 Å². The van der Waals surface area contributed by atoms with Crippen molar-refractivity contribution in [2.24, 2.45) is 7.05 Å².